The van der Waals surface area contributed by atoms with Crippen LogP contribution in [0.4, 0.5) is 0 Å². The summed E-state index contributed by atoms with van der Waals surface area (Å²) in [5.41, 5.74) is 0.764. The Morgan fingerprint density at radius 3 is 2.32 bits per heavy atom. The second-order valence-corrected chi connectivity index (χ2v) is 6.82. The lowest BCUT2D eigenvalue weighted by Gasteiger charge is -2.26. The third-order valence-electron chi connectivity index (χ3n) is 2.92. The second-order valence-electron chi connectivity index (χ2n) is 4.25. The van der Waals surface area contributed by atoms with Gasteiger partial charge in [0.1, 0.15) is 0 Å². The summed E-state index contributed by atoms with van der Waals surface area (Å²) in [6.45, 7) is 2.34. The van der Waals surface area contributed by atoms with Gasteiger partial charge >= 0.3 is 0 Å². The zero-order chi connectivity index (χ0) is 13.9. The van der Waals surface area contributed by atoms with Crippen molar-refractivity contribution in [2.75, 3.05) is 26.3 Å². The molecule has 1 aliphatic heterocycles. The van der Waals surface area contributed by atoms with Gasteiger partial charge in [-0.1, -0.05) is 12.1 Å². The standard InChI is InChI=1S/C12H14ClNO4S/c13-19(16,17)11-3-1-10(2-4-11)9-12(15)14-5-7-18-8-6-14/h1-4H,5-9H2. The monoisotopic (exact) mass is 303 g/mol. The summed E-state index contributed by atoms with van der Waals surface area (Å²) in [6, 6.07) is 6.02. The second kappa shape index (κ2) is 5.90. The molecule has 1 heterocycles. The molecule has 1 amide bonds. The Hall–Kier alpha value is -1.11. The Labute approximate surface area is 116 Å². The fourth-order valence-electron chi connectivity index (χ4n) is 1.87. The van der Waals surface area contributed by atoms with Gasteiger partial charge in [-0.2, -0.15) is 0 Å². The molecule has 1 saturated heterocycles. The van der Waals surface area contributed by atoms with E-state index in [1.54, 1.807) is 17.0 Å². The molecule has 7 heteroatoms. The van der Waals surface area contributed by atoms with Gasteiger partial charge in [0.15, 0.2) is 0 Å². The SMILES string of the molecule is O=C(Cc1ccc(S(=O)(=O)Cl)cc1)N1CCOCC1. The van der Waals surface area contributed by atoms with Crippen molar-refractivity contribution in [3.05, 3.63) is 29.8 Å². The minimum absolute atomic E-state index is 0.0183. The molecule has 5 nitrogen and oxygen atoms in total. The first-order valence-electron chi connectivity index (χ1n) is 5.86. The Kier molecular flexibility index (Phi) is 4.44. The third-order valence-corrected chi connectivity index (χ3v) is 4.29. The van der Waals surface area contributed by atoms with Crippen LogP contribution >= 0.6 is 10.7 Å². The molecule has 0 bridgehead atoms. The predicted molar refractivity (Wildman–Crippen MR) is 70.6 cm³/mol. The normalized spacial score (nSPS) is 16.4. The molecule has 1 fully saturated rings. The fourth-order valence-corrected chi connectivity index (χ4v) is 2.64. The van der Waals surface area contributed by atoms with Gasteiger partial charge in [-0.3, -0.25) is 4.79 Å². The molecular weight excluding hydrogens is 290 g/mol. The first-order chi connectivity index (χ1) is 8.97. The van der Waals surface area contributed by atoms with Crippen molar-refractivity contribution in [3.8, 4) is 0 Å². The number of ether oxygens (including phenoxy) is 1. The summed E-state index contributed by atoms with van der Waals surface area (Å²) in [4.78, 5) is 13.8. The van der Waals surface area contributed by atoms with Crippen LogP contribution in [-0.2, 0) is 25.0 Å². The molecule has 2 rings (SSSR count). The van der Waals surface area contributed by atoms with Crippen molar-refractivity contribution in [3.63, 3.8) is 0 Å². The van der Waals surface area contributed by atoms with Crippen LogP contribution in [-0.4, -0.2) is 45.5 Å². The third kappa shape index (κ3) is 3.92. The van der Waals surface area contributed by atoms with Gasteiger partial charge in [-0.25, -0.2) is 8.42 Å². The highest BCUT2D eigenvalue weighted by Gasteiger charge is 2.17. The highest BCUT2D eigenvalue weighted by Crippen LogP contribution is 2.16. The topological polar surface area (TPSA) is 63.7 Å². The molecule has 0 aromatic heterocycles. The van der Waals surface area contributed by atoms with Crippen molar-refractivity contribution >= 4 is 25.6 Å². The molecule has 104 valence electrons. The van der Waals surface area contributed by atoms with Crippen LogP contribution in [0.3, 0.4) is 0 Å². The van der Waals surface area contributed by atoms with Crippen LogP contribution < -0.4 is 0 Å². The molecule has 19 heavy (non-hydrogen) atoms. The Bertz CT molecular complexity index is 550. The van der Waals surface area contributed by atoms with E-state index >= 15 is 0 Å². The van der Waals surface area contributed by atoms with E-state index < -0.39 is 9.05 Å². The summed E-state index contributed by atoms with van der Waals surface area (Å²) in [6.07, 6.45) is 0.253. The van der Waals surface area contributed by atoms with Crippen LogP contribution in [0.5, 0.6) is 0 Å². The quantitative estimate of drug-likeness (QED) is 0.782. The molecule has 0 radical (unpaired) electrons. The number of nitrogens with zero attached hydrogens (tertiary/aromatic N) is 1. The van der Waals surface area contributed by atoms with Crippen molar-refractivity contribution in [1.29, 1.82) is 0 Å². The molecule has 0 aliphatic carbocycles. The smallest absolute Gasteiger partial charge is 0.261 e. The maximum atomic E-state index is 12.0. The Balaban J connectivity index is 2.01. The minimum Gasteiger partial charge on any atom is -0.378 e. The average molecular weight is 304 g/mol. The molecule has 0 atom stereocenters. The zero-order valence-electron chi connectivity index (χ0n) is 10.2. The van der Waals surface area contributed by atoms with E-state index in [9.17, 15) is 13.2 Å². The molecule has 0 saturated carbocycles. The fraction of sp³-hybridized carbons (Fsp3) is 0.417. The molecule has 1 aliphatic rings. The van der Waals surface area contributed by atoms with Crippen molar-refractivity contribution in [2.45, 2.75) is 11.3 Å². The summed E-state index contributed by atoms with van der Waals surface area (Å²) in [7, 11) is 1.51. The van der Waals surface area contributed by atoms with Crippen LogP contribution in [0, 0.1) is 0 Å². The number of carbonyl (C=O) groups is 1. The van der Waals surface area contributed by atoms with Crippen LogP contribution in [0.25, 0.3) is 0 Å². The summed E-state index contributed by atoms with van der Waals surface area (Å²) in [5.74, 6) is 0.0183. The van der Waals surface area contributed by atoms with Gasteiger partial charge < -0.3 is 9.64 Å². The maximum absolute atomic E-state index is 12.0. The van der Waals surface area contributed by atoms with Gasteiger partial charge in [0, 0.05) is 23.8 Å². The molecular formula is C12H14ClNO4S. The van der Waals surface area contributed by atoms with Crippen LogP contribution in [0.1, 0.15) is 5.56 Å². The van der Waals surface area contributed by atoms with Gasteiger partial charge in [-0.05, 0) is 17.7 Å². The lowest BCUT2D eigenvalue weighted by molar-refractivity contribution is -0.134. The van der Waals surface area contributed by atoms with E-state index in [0.717, 1.165) is 5.56 Å². The van der Waals surface area contributed by atoms with E-state index in [1.807, 2.05) is 0 Å². The zero-order valence-corrected chi connectivity index (χ0v) is 11.8. The number of hydrogen-bond donors (Lipinski definition) is 0. The molecule has 1 aromatic rings. The van der Waals surface area contributed by atoms with Crippen molar-refractivity contribution in [2.24, 2.45) is 0 Å². The number of rotatable bonds is 3. The van der Waals surface area contributed by atoms with Gasteiger partial charge in [-0.15, -0.1) is 0 Å². The van der Waals surface area contributed by atoms with Crippen LogP contribution in [0.2, 0.25) is 0 Å². The summed E-state index contributed by atoms with van der Waals surface area (Å²) < 4.78 is 27.4. The highest BCUT2D eigenvalue weighted by atomic mass is 35.7. The van der Waals surface area contributed by atoms with E-state index in [-0.39, 0.29) is 17.2 Å². The van der Waals surface area contributed by atoms with E-state index in [1.165, 1.54) is 12.1 Å². The minimum atomic E-state index is -3.71. The van der Waals surface area contributed by atoms with Gasteiger partial charge in [0.2, 0.25) is 5.91 Å². The Morgan fingerprint density at radius 1 is 1.21 bits per heavy atom. The van der Waals surface area contributed by atoms with Gasteiger partial charge in [0.25, 0.3) is 9.05 Å². The molecule has 0 N–H and O–H groups in total. The number of carbonyl (C=O) groups excluding carboxylic acids is 1. The lowest BCUT2D eigenvalue weighted by atomic mass is 10.1. The molecule has 0 unspecified atom stereocenters. The number of halogens is 1. The summed E-state index contributed by atoms with van der Waals surface area (Å²) >= 11 is 0. The first-order valence-corrected chi connectivity index (χ1v) is 8.17. The number of morpholine rings is 1. The van der Waals surface area contributed by atoms with E-state index in [0.29, 0.717) is 26.3 Å². The maximum Gasteiger partial charge on any atom is 0.261 e. The largest absolute Gasteiger partial charge is 0.378 e. The van der Waals surface area contributed by atoms with Crippen molar-refractivity contribution in [1.82, 2.24) is 4.90 Å². The summed E-state index contributed by atoms with van der Waals surface area (Å²) in [5, 5.41) is 0. The van der Waals surface area contributed by atoms with Crippen molar-refractivity contribution < 1.29 is 17.9 Å². The predicted octanol–water partition coefficient (Wildman–Crippen LogP) is 1.02. The van der Waals surface area contributed by atoms with E-state index in [2.05, 4.69) is 0 Å². The number of benzene rings is 1. The number of hydrogen-bond acceptors (Lipinski definition) is 4. The molecule has 0 spiro atoms. The van der Waals surface area contributed by atoms with E-state index in [4.69, 9.17) is 15.4 Å². The van der Waals surface area contributed by atoms with Gasteiger partial charge in [0.05, 0.1) is 24.5 Å². The average Bonchev–Trinajstić information content (AvgIpc) is 2.39. The molecule has 1 aromatic carbocycles. The van der Waals surface area contributed by atoms with Crippen LogP contribution in [0.15, 0.2) is 29.2 Å². The lowest BCUT2D eigenvalue weighted by Crippen LogP contribution is -2.41. The number of amides is 1. The highest BCUT2D eigenvalue weighted by molar-refractivity contribution is 8.13. The first kappa shape index (κ1) is 14.3. The Morgan fingerprint density at radius 2 is 1.79 bits per heavy atom.